The molecule has 0 radical (unpaired) electrons. The van der Waals surface area contributed by atoms with E-state index >= 15 is 0 Å². The standard InChI is InChI=1S/C14H16Cl2N4O/c1-9(2)13(8-20-6-5-17-19-20)18-14(21)10-3-4-11(15)12(16)7-10/h3-7,9,13H,8H2,1-2H3,(H,18,21). The fraction of sp³-hybridized carbons (Fsp3) is 0.357. The molecular formula is C14H16Cl2N4O. The molecule has 0 saturated carbocycles. The second-order valence-electron chi connectivity index (χ2n) is 5.08. The molecule has 7 heteroatoms. The minimum absolute atomic E-state index is 0.0614. The first kappa shape index (κ1) is 15.8. The van der Waals surface area contributed by atoms with Gasteiger partial charge in [0, 0.05) is 11.8 Å². The Labute approximate surface area is 133 Å². The third kappa shape index (κ3) is 4.19. The van der Waals surface area contributed by atoms with Gasteiger partial charge in [0.25, 0.3) is 5.91 Å². The molecule has 1 heterocycles. The van der Waals surface area contributed by atoms with Crippen LogP contribution in [-0.2, 0) is 6.54 Å². The van der Waals surface area contributed by atoms with E-state index in [9.17, 15) is 4.79 Å². The summed E-state index contributed by atoms with van der Waals surface area (Å²) in [4.78, 5) is 12.3. The Morgan fingerprint density at radius 2 is 2.10 bits per heavy atom. The van der Waals surface area contributed by atoms with Crippen LogP contribution in [0.15, 0.2) is 30.6 Å². The number of hydrogen-bond donors (Lipinski definition) is 1. The summed E-state index contributed by atoms with van der Waals surface area (Å²) in [7, 11) is 0. The number of carbonyl (C=O) groups is 1. The maximum Gasteiger partial charge on any atom is 0.251 e. The van der Waals surface area contributed by atoms with E-state index in [0.29, 0.717) is 22.2 Å². The molecule has 0 bridgehead atoms. The zero-order valence-corrected chi connectivity index (χ0v) is 13.3. The van der Waals surface area contributed by atoms with Gasteiger partial charge in [-0.3, -0.25) is 9.48 Å². The van der Waals surface area contributed by atoms with Crippen LogP contribution in [0.2, 0.25) is 10.0 Å². The predicted octanol–water partition coefficient (Wildman–Crippen LogP) is 3.04. The van der Waals surface area contributed by atoms with Crippen LogP contribution in [0.25, 0.3) is 0 Å². The van der Waals surface area contributed by atoms with Crippen LogP contribution in [0, 0.1) is 5.92 Å². The van der Waals surface area contributed by atoms with E-state index in [-0.39, 0.29) is 17.9 Å². The van der Waals surface area contributed by atoms with Gasteiger partial charge in [0.05, 0.1) is 28.8 Å². The maximum absolute atomic E-state index is 12.3. The Hall–Kier alpha value is -1.59. The highest BCUT2D eigenvalue weighted by Crippen LogP contribution is 2.22. The fourth-order valence-electron chi connectivity index (χ4n) is 1.84. The summed E-state index contributed by atoms with van der Waals surface area (Å²) >= 11 is 11.8. The first-order valence-corrected chi connectivity index (χ1v) is 7.33. The first-order valence-electron chi connectivity index (χ1n) is 6.57. The third-order valence-corrected chi connectivity index (χ3v) is 3.90. The summed E-state index contributed by atoms with van der Waals surface area (Å²) in [6.07, 6.45) is 3.37. The van der Waals surface area contributed by atoms with Crippen LogP contribution in [0.5, 0.6) is 0 Å². The number of carbonyl (C=O) groups excluding carboxylic acids is 1. The van der Waals surface area contributed by atoms with Crippen LogP contribution >= 0.6 is 23.2 Å². The lowest BCUT2D eigenvalue weighted by Gasteiger charge is -2.22. The van der Waals surface area contributed by atoms with Gasteiger partial charge in [-0.1, -0.05) is 42.3 Å². The second kappa shape index (κ2) is 6.91. The van der Waals surface area contributed by atoms with Crippen molar-refractivity contribution in [3.8, 4) is 0 Å². The number of hydrogen-bond acceptors (Lipinski definition) is 3. The molecule has 0 saturated heterocycles. The largest absolute Gasteiger partial charge is 0.347 e. The molecule has 0 aliphatic rings. The zero-order valence-electron chi connectivity index (χ0n) is 11.8. The Kier molecular flexibility index (Phi) is 5.20. The predicted molar refractivity (Wildman–Crippen MR) is 82.6 cm³/mol. The van der Waals surface area contributed by atoms with Gasteiger partial charge in [-0.25, -0.2) is 0 Å². The Balaban J connectivity index is 2.09. The first-order chi connectivity index (χ1) is 9.97. The van der Waals surface area contributed by atoms with Crippen molar-refractivity contribution >= 4 is 29.1 Å². The van der Waals surface area contributed by atoms with Gasteiger partial charge < -0.3 is 5.32 Å². The quantitative estimate of drug-likeness (QED) is 0.918. The normalized spacial score (nSPS) is 12.4. The Bertz CT molecular complexity index is 613. The minimum atomic E-state index is -0.188. The highest BCUT2D eigenvalue weighted by Gasteiger charge is 2.18. The van der Waals surface area contributed by atoms with Crippen molar-refractivity contribution in [2.45, 2.75) is 26.4 Å². The molecule has 1 atom stereocenters. The van der Waals surface area contributed by atoms with Gasteiger partial charge >= 0.3 is 0 Å². The molecule has 0 aliphatic heterocycles. The average molecular weight is 327 g/mol. The summed E-state index contributed by atoms with van der Waals surface area (Å²) in [6, 6.07) is 4.76. The van der Waals surface area contributed by atoms with E-state index in [1.165, 1.54) is 0 Å². The summed E-state index contributed by atoms with van der Waals surface area (Å²) in [5.41, 5.74) is 0.480. The Morgan fingerprint density at radius 3 is 2.67 bits per heavy atom. The minimum Gasteiger partial charge on any atom is -0.347 e. The van der Waals surface area contributed by atoms with E-state index in [2.05, 4.69) is 15.6 Å². The maximum atomic E-state index is 12.3. The number of halogens is 2. The molecule has 21 heavy (non-hydrogen) atoms. The van der Waals surface area contributed by atoms with Gasteiger partial charge in [-0.2, -0.15) is 0 Å². The molecule has 0 fully saturated rings. The van der Waals surface area contributed by atoms with E-state index in [1.54, 1.807) is 35.3 Å². The number of rotatable bonds is 5. The summed E-state index contributed by atoms with van der Waals surface area (Å²) in [6.45, 7) is 4.64. The zero-order chi connectivity index (χ0) is 15.4. The second-order valence-corrected chi connectivity index (χ2v) is 5.89. The van der Waals surface area contributed by atoms with E-state index in [0.717, 1.165) is 0 Å². The van der Waals surface area contributed by atoms with E-state index in [4.69, 9.17) is 23.2 Å². The molecule has 1 N–H and O–H groups in total. The van der Waals surface area contributed by atoms with Gasteiger partial charge in [0.2, 0.25) is 0 Å². The molecule has 1 amide bonds. The number of aromatic nitrogens is 3. The van der Waals surface area contributed by atoms with Crippen LogP contribution in [0.3, 0.4) is 0 Å². The van der Waals surface area contributed by atoms with Crippen molar-refractivity contribution in [1.29, 1.82) is 0 Å². The molecule has 112 valence electrons. The lowest BCUT2D eigenvalue weighted by Crippen LogP contribution is -2.41. The van der Waals surface area contributed by atoms with Crippen molar-refractivity contribution in [3.63, 3.8) is 0 Å². The smallest absolute Gasteiger partial charge is 0.251 e. The van der Waals surface area contributed by atoms with Crippen molar-refractivity contribution in [1.82, 2.24) is 20.3 Å². The third-order valence-electron chi connectivity index (χ3n) is 3.16. The number of amides is 1. The number of benzene rings is 1. The van der Waals surface area contributed by atoms with Gasteiger partial charge in [0.1, 0.15) is 0 Å². The van der Waals surface area contributed by atoms with Crippen LogP contribution in [-0.4, -0.2) is 26.9 Å². The summed E-state index contributed by atoms with van der Waals surface area (Å²) in [5.74, 6) is 0.0632. The van der Waals surface area contributed by atoms with Crippen LogP contribution in [0.4, 0.5) is 0 Å². The van der Waals surface area contributed by atoms with Crippen molar-refractivity contribution < 1.29 is 4.79 Å². The molecule has 1 aromatic heterocycles. The molecule has 2 rings (SSSR count). The fourth-order valence-corrected chi connectivity index (χ4v) is 2.14. The van der Waals surface area contributed by atoms with Gasteiger partial charge in [-0.05, 0) is 24.1 Å². The molecule has 2 aromatic rings. The highest BCUT2D eigenvalue weighted by atomic mass is 35.5. The monoisotopic (exact) mass is 326 g/mol. The van der Waals surface area contributed by atoms with E-state index in [1.807, 2.05) is 13.8 Å². The molecule has 5 nitrogen and oxygen atoms in total. The number of nitrogens with zero attached hydrogens (tertiary/aromatic N) is 3. The summed E-state index contributed by atoms with van der Waals surface area (Å²) < 4.78 is 1.69. The van der Waals surface area contributed by atoms with E-state index < -0.39 is 0 Å². The number of nitrogens with one attached hydrogen (secondary N) is 1. The molecule has 1 unspecified atom stereocenters. The SMILES string of the molecule is CC(C)C(Cn1ccnn1)NC(=O)c1ccc(Cl)c(Cl)c1. The molecular weight excluding hydrogens is 311 g/mol. The van der Waals surface area contributed by atoms with Gasteiger partial charge in [0.15, 0.2) is 0 Å². The highest BCUT2D eigenvalue weighted by molar-refractivity contribution is 6.42. The summed E-state index contributed by atoms with van der Waals surface area (Å²) in [5, 5.41) is 11.5. The Morgan fingerprint density at radius 1 is 1.33 bits per heavy atom. The van der Waals surface area contributed by atoms with Crippen LogP contribution in [0.1, 0.15) is 24.2 Å². The lowest BCUT2D eigenvalue weighted by molar-refractivity contribution is 0.0919. The molecule has 1 aromatic carbocycles. The van der Waals surface area contributed by atoms with Crippen molar-refractivity contribution in [2.75, 3.05) is 0 Å². The van der Waals surface area contributed by atoms with Crippen molar-refractivity contribution in [2.24, 2.45) is 5.92 Å². The lowest BCUT2D eigenvalue weighted by atomic mass is 10.0. The topological polar surface area (TPSA) is 59.8 Å². The molecule has 0 aliphatic carbocycles. The van der Waals surface area contributed by atoms with Crippen LogP contribution < -0.4 is 5.32 Å². The molecule has 0 spiro atoms. The average Bonchev–Trinajstić information content (AvgIpc) is 2.93. The van der Waals surface area contributed by atoms with Gasteiger partial charge in [-0.15, -0.1) is 5.10 Å². The van der Waals surface area contributed by atoms with Crippen molar-refractivity contribution in [3.05, 3.63) is 46.2 Å².